The standard InChI is InChI=1S/C20H21N3OS/c1-14-4-2-5-15-12-16(13-23-9-7-18(24)21-8-10-23)20(22-19(14)15)17-6-3-11-25-17/h2-6,11-12H,7-10,13H2,1H3,(H,21,24). The number of benzene rings is 1. The van der Waals surface area contributed by atoms with E-state index in [0.29, 0.717) is 13.0 Å². The summed E-state index contributed by atoms with van der Waals surface area (Å²) in [5.74, 6) is 0.147. The van der Waals surface area contributed by atoms with Gasteiger partial charge in [-0.15, -0.1) is 11.3 Å². The molecule has 1 saturated heterocycles. The van der Waals surface area contributed by atoms with E-state index >= 15 is 0 Å². The molecule has 5 heteroatoms. The van der Waals surface area contributed by atoms with Crippen molar-refractivity contribution >= 4 is 28.1 Å². The van der Waals surface area contributed by atoms with E-state index in [1.165, 1.54) is 21.4 Å². The van der Waals surface area contributed by atoms with Crippen LogP contribution < -0.4 is 5.32 Å². The number of hydrogen-bond acceptors (Lipinski definition) is 4. The maximum Gasteiger partial charge on any atom is 0.221 e. The van der Waals surface area contributed by atoms with Crippen LogP contribution in [0.2, 0.25) is 0 Å². The molecule has 4 nitrogen and oxygen atoms in total. The molecule has 1 amide bonds. The number of hydrogen-bond donors (Lipinski definition) is 1. The average molecular weight is 351 g/mol. The number of pyridine rings is 1. The second-order valence-corrected chi connectivity index (χ2v) is 7.44. The van der Waals surface area contributed by atoms with Gasteiger partial charge in [-0.1, -0.05) is 24.3 Å². The molecule has 0 saturated carbocycles. The molecule has 1 aliphatic rings. The molecular weight excluding hydrogens is 330 g/mol. The van der Waals surface area contributed by atoms with Crippen LogP contribution >= 0.6 is 11.3 Å². The number of thiophene rings is 1. The van der Waals surface area contributed by atoms with Gasteiger partial charge >= 0.3 is 0 Å². The number of carbonyl (C=O) groups excluding carboxylic acids is 1. The van der Waals surface area contributed by atoms with Crippen LogP contribution in [-0.2, 0) is 11.3 Å². The Morgan fingerprint density at radius 1 is 1.24 bits per heavy atom. The SMILES string of the molecule is Cc1cccc2cc(CN3CCNC(=O)CC3)c(-c3cccs3)nc12. The van der Waals surface area contributed by atoms with Gasteiger partial charge in [0, 0.05) is 38.0 Å². The van der Waals surface area contributed by atoms with Gasteiger partial charge < -0.3 is 5.32 Å². The van der Waals surface area contributed by atoms with Gasteiger partial charge in [0.2, 0.25) is 5.91 Å². The monoisotopic (exact) mass is 351 g/mol. The smallest absolute Gasteiger partial charge is 0.221 e. The lowest BCUT2D eigenvalue weighted by atomic mass is 10.0. The van der Waals surface area contributed by atoms with E-state index in [2.05, 4.69) is 58.9 Å². The Bertz CT molecular complexity index is 905. The van der Waals surface area contributed by atoms with Crippen LogP contribution in [0.3, 0.4) is 0 Å². The number of para-hydroxylation sites is 1. The lowest BCUT2D eigenvalue weighted by Crippen LogP contribution is -2.28. The van der Waals surface area contributed by atoms with Crippen molar-refractivity contribution < 1.29 is 4.79 Å². The first-order valence-corrected chi connectivity index (χ1v) is 9.51. The Kier molecular flexibility index (Phi) is 4.51. The summed E-state index contributed by atoms with van der Waals surface area (Å²) in [6, 6.07) is 12.8. The molecule has 25 heavy (non-hydrogen) atoms. The third-order valence-corrected chi connectivity index (χ3v) is 5.56. The lowest BCUT2D eigenvalue weighted by molar-refractivity contribution is -0.120. The van der Waals surface area contributed by atoms with Gasteiger partial charge in [-0.05, 0) is 35.6 Å². The Morgan fingerprint density at radius 3 is 3.00 bits per heavy atom. The number of nitrogens with one attached hydrogen (secondary N) is 1. The molecule has 0 aliphatic carbocycles. The second kappa shape index (κ2) is 6.94. The van der Waals surface area contributed by atoms with Crippen LogP contribution in [0.4, 0.5) is 0 Å². The number of rotatable bonds is 3. The Hall–Kier alpha value is -2.24. The fourth-order valence-electron chi connectivity index (χ4n) is 3.35. The number of nitrogens with zero attached hydrogens (tertiary/aromatic N) is 2. The summed E-state index contributed by atoms with van der Waals surface area (Å²) >= 11 is 1.72. The molecule has 3 aromatic rings. The van der Waals surface area contributed by atoms with Crippen LogP contribution in [0.25, 0.3) is 21.5 Å². The predicted octanol–water partition coefficient (Wildman–Crippen LogP) is 3.59. The summed E-state index contributed by atoms with van der Waals surface area (Å²) in [4.78, 5) is 20.2. The first-order valence-electron chi connectivity index (χ1n) is 8.63. The second-order valence-electron chi connectivity index (χ2n) is 6.50. The minimum absolute atomic E-state index is 0.147. The highest BCUT2D eigenvalue weighted by Crippen LogP contribution is 2.31. The van der Waals surface area contributed by atoms with Gasteiger partial charge in [0.1, 0.15) is 0 Å². The van der Waals surface area contributed by atoms with E-state index in [1.807, 2.05) is 0 Å². The number of aromatic nitrogens is 1. The minimum atomic E-state index is 0.147. The zero-order chi connectivity index (χ0) is 17.2. The predicted molar refractivity (Wildman–Crippen MR) is 103 cm³/mol. The normalized spacial score (nSPS) is 16.0. The van der Waals surface area contributed by atoms with Gasteiger partial charge in [-0.3, -0.25) is 9.69 Å². The molecule has 0 unspecified atom stereocenters. The van der Waals surface area contributed by atoms with Crippen LogP contribution in [0.1, 0.15) is 17.5 Å². The summed E-state index contributed by atoms with van der Waals surface area (Å²) in [6.07, 6.45) is 0.564. The maximum absolute atomic E-state index is 11.6. The van der Waals surface area contributed by atoms with Crippen molar-refractivity contribution in [3.8, 4) is 10.6 Å². The van der Waals surface area contributed by atoms with E-state index in [0.717, 1.165) is 30.8 Å². The minimum Gasteiger partial charge on any atom is -0.355 e. The van der Waals surface area contributed by atoms with Gasteiger partial charge in [0.15, 0.2) is 0 Å². The van der Waals surface area contributed by atoms with E-state index in [1.54, 1.807) is 11.3 Å². The Balaban J connectivity index is 1.75. The highest BCUT2D eigenvalue weighted by Gasteiger charge is 2.17. The van der Waals surface area contributed by atoms with Crippen LogP contribution in [0.15, 0.2) is 41.8 Å². The highest BCUT2D eigenvalue weighted by molar-refractivity contribution is 7.13. The molecule has 1 aliphatic heterocycles. The Morgan fingerprint density at radius 2 is 2.16 bits per heavy atom. The molecule has 0 radical (unpaired) electrons. The van der Waals surface area contributed by atoms with Crippen molar-refractivity contribution in [2.75, 3.05) is 19.6 Å². The zero-order valence-electron chi connectivity index (χ0n) is 14.3. The van der Waals surface area contributed by atoms with Crippen molar-refractivity contribution in [1.29, 1.82) is 0 Å². The maximum atomic E-state index is 11.6. The molecule has 0 atom stereocenters. The molecule has 0 bridgehead atoms. The molecule has 1 aromatic carbocycles. The summed E-state index contributed by atoms with van der Waals surface area (Å²) in [5.41, 5.74) is 4.57. The van der Waals surface area contributed by atoms with Crippen molar-refractivity contribution in [2.45, 2.75) is 19.9 Å². The van der Waals surface area contributed by atoms with Crippen LogP contribution in [0.5, 0.6) is 0 Å². The molecular formula is C20H21N3OS. The Labute approximate surface area is 151 Å². The van der Waals surface area contributed by atoms with Crippen molar-refractivity contribution in [2.24, 2.45) is 0 Å². The largest absolute Gasteiger partial charge is 0.355 e. The molecule has 1 fully saturated rings. The quantitative estimate of drug-likeness (QED) is 0.784. The van der Waals surface area contributed by atoms with Crippen molar-refractivity contribution in [3.05, 3.63) is 52.9 Å². The van der Waals surface area contributed by atoms with Crippen molar-refractivity contribution in [3.63, 3.8) is 0 Å². The van der Waals surface area contributed by atoms with E-state index in [-0.39, 0.29) is 5.91 Å². The summed E-state index contributed by atoms with van der Waals surface area (Å²) < 4.78 is 0. The third kappa shape index (κ3) is 3.43. The summed E-state index contributed by atoms with van der Waals surface area (Å²) in [6.45, 7) is 5.31. The molecule has 0 spiro atoms. The van der Waals surface area contributed by atoms with Gasteiger partial charge in [-0.2, -0.15) is 0 Å². The summed E-state index contributed by atoms with van der Waals surface area (Å²) in [7, 11) is 0. The van der Waals surface area contributed by atoms with Gasteiger partial charge in [-0.25, -0.2) is 4.98 Å². The van der Waals surface area contributed by atoms with Gasteiger partial charge in [0.05, 0.1) is 16.1 Å². The first-order chi connectivity index (χ1) is 12.2. The number of carbonyl (C=O) groups is 1. The molecule has 3 heterocycles. The fourth-order valence-corrected chi connectivity index (χ4v) is 4.10. The number of fused-ring (bicyclic) bond motifs is 1. The number of amides is 1. The highest BCUT2D eigenvalue weighted by atomic mass is 32.1. The van der Waals surface area contributed by atoms with Gasteiger partial charge in [0.25, 0.3) is 0 Å². The number of aryl methyl sites for hydroxylation is 1. The van der Waals surface area contributed by atoms with Crippen LogP contribution in [-0.4, -0.2) is 35.4 Å². The zero-order valence-corrected chi connectivity index (χ0v) is 15.1. The molecule has 4 rings (SSSR count). The van der Waals surface area contributed by atoms with Crippen LogP contribution in [0, 0.1) is 6.92 Å². The van der Waals surface area contributed by atoms with E-state index in [9.17, 15) is 4.79 Å². The fraction of sp³-hybridized carbons (Fsp3) is 0.300. The first kappa shape index (κ1) is 16.2. The average Bonchev–Trinajstić information content (AvgIpc) is 3.06. The summed E-state index contributed by atoms with van der Waals surface area (Å²) in [5, 5.41) is 6.22. The topological polar surface area (TPSA) is 45.2 Å². The lowest BCUT2D eigenvalue weighted by Gasteiger charge is -2.21. The molecule has 128 valence electrons. The van der Waals surface area contributed by atoms with E-state index < -0.39 is 0 Å². The third-order valence-electron chi connectivity index (χ3n) is 4.68. The van der Waals surface area contributed by atoms with E-state index in [4.69, 9.17) is 4.98 Å². The molecule has 2 aromatic heterocycles. The van der Waals surface area contributed by atoms with Crippen molar-refractivity contribution in [1.82, 2.24) is 15.2 Å². The molecule has 1 N–H and O–H groups in total.